The molecule has 1 aromatic carbocycles. The molecule has 1 unspecified atom stereocenters. The molecule has 0 fully saturated rings. The molecule has 0 amide bonds. The average molecular weight is 270 g/mol. The highest BCUT2D eigenvalue weighted by Gasteiger charge is 2.21. The van der Waals surface area contributed by atoms with Gasteiger partial charge in [0.25, 0.3) is 0 Å². The molecule has 0 bridgehead atoms. The van der Waals surface area contributed by atoms with Crippen LogP contribution in [-0.2, 0) is 12.8 Å². The van der Waals surface area contributed by atoms with Gasteiger partial charge in [0.15, 0.2) is 0 Å². The molecule has 1 aromatic rings. The number of nitrogens with two attached hydrogens (primary N) is 1. The highest BCUT2D eigenvalue weighted by atomic mass is 79.9. The van der Waals surface area contributed by atoms with Crippen molar-refractivity contribution in [1.29, 1.82) is 0 Å². The van der Waals surface area contributed by atoms with Crippen LogP contribution in [0.2, 0.25) is 0 Å². The predicted molar refractivity (Wildman–Crippen MR) is 65.3 cm³/mol. The van der Waals surface area contributed by atoms with E-state index in [0.29, 0.717) is 6.10 Å². The van der Waals surface area contributed by atoms with Crippen molar-refractivity contribution >= 4 is 15.9 Å². The van der Waals surface area contributed by atoms with Crippen LogP contribution in [0.15, 0.2) is 16.6 Å². The Morgan fingerprint density at radius 1 is 1.53 bits per heavy atom. The molecule has 0 aromatic heterocycles. The fourth-order valence-electron chi connectivity index (χ4n) is 2.00. The molecule has 82 valence electrons. The van der Waals surface area contributed by atoms with Gasteiger partial charge in [0.05, 0.1) is 4.47 Å². The molecule has 1 aliphatic heterocycles. The average Bonchev–Trinajstić information content (AvgIpc) is 2.56. The maximum atomic E-state index is 5.73. The van der Waals surface area contributed by atoms with E-state index in [9.17, 15) is 0 Å². The zero-order valence-electron chi connectivity index (χ0n) is 8.92. The summed E-state index contributed by atoms with van der Waals surface area (Å²) in [6, 6.07) is 4.39. The highest BCUT2D eigenvalue weighted by molar-refractivity contribution is 9.10. The van der Waals surface area contributed by atoms with Gasteiger partial charge in [-0.2, -0.15) is 0 Å². The van der Waals surface area contributed by atoms with E-state index in [2.05, 4.69) is 35.0 Å². The molecule has 0 radical (unpaired) electrons. The molecule has 0 spiro atoms. The Balaban J connectivity index is 2.23. The summed E-state index contributed by atoms with van der Waals surface area (Å²) in [6.07, 6.45) is 3.42. The zero-order valence-corrected chi connectivity index (χ0v) is 10.5. The number of aryl methyl sites for hydroxylation is 1. The minimum absolute atomic E-state index is 0.307. The van der Waals surface area contributed by atoms with Crippen LogP contribution in [-0.4, -0.2) is 12.6 Å². The molecule has 1 atom stereocenters. The molecule has 3 heteroatoms. The lowest BCUT2D eigenvalue weighted by Gasteiger charge is -2.07. The Labute approximate surface area is 98.9 Å². The molecule has 2 nitrogen and oxygen atoms in total. The first-order valence-electron chi connectivity index (χ1n) is 5.38. The maximum absolute atomic E-state index is 5.73. The largest absolute Gasteiger partial charge is 0.489 e. The Hall–Kier alpha value is -0.540. The Kier molecular flexibility index (Phi) is 3.32. The third kappa shape index (κ3) is 2.34. The van der Waals surface area contributed by atoms with E-state index in [1.165, 1.54) is 11.1 Å². The number of rotatable bonds is 3. The van der Waals surface area contributed by atoms with Crippen LogP contribution in [0.3, 0.4) is 0 Å². The van der Waals surface area contributed by atoms with E-state index in [1.54, 1.807) is 0 Å². The smallest absolute Gasteiger partial charge is 0.137 e. The number of halogens is 1. The van der Waals surface area contributed by atoms with E-state index in [1.807, 2.05) is 0 Å². The van der Waals surface area contributed by atoms with Gasteiger partial charge in [0.2, 0.25) is 0 Å². The quantitative estimate of drug-likeness (QED) is 0.916. The maximum Gasteiger partial charge on any atom is 0.137 e. The van der Waals surface area contributed by atoms with Gasteiger partial charge in [-0.25, -0.2) is 0 Å². The van der Waals surface area contributed by atoms with Crippen LogP contribution < -0.4 is 10.5 Å². The Bertz CT molecular complexity index is 365. The normalized spacial score (nSPS) is 18.7. The lowest BCUT2D eigenvalue weighted by Crippen LogP contribution is -2.05. The van der Waals surface area contributed by atoms with E-state index in [4.69, 9.17) is 10.5 Å². The second kappa shape index (κ2) is 4.54. The first-order valence-corrected chi connectivity index (χ1v) is 6.18. The van der Waals surface area contributed by atoms with Crippen LogP contribution in [0, 0.1) is 0 Å². The number of benzene rings is 1. The second-order valence-electron chi connectivity index (χ2n) is 4.09. The number of fused-ring (bicyclic) bond motifs is 1. The molecule has 0 saturated carbocycles. The molecule has 0 aliphatic carbocycles. The van der Waals surface area contributed by atoms with Gasteiger partial charge >= 0.3 is 0 Å². The summed E-state index contributed by atoms with van der Waals surface area (Å²) in [6.45, 7) is 2.85. The summed E-state index contributed by atoms with van der Waals surface area (Å²) in [4.78, 5) is 0. The third-order valence-electron chi connectivity index (χ3n) is 2.68. The number of hydrogen-bond donors (Lipinski definition) is 1. The van der Waals surface area contributed by atoms with Crippen LogP contribution in [0.4, 0.5) is 0 Å². The zero-order chi connectivity index (χ0) is 10.8. The molecule has 1 aliphatic rings. The van der Waals surface area contributed by atoms with Gasteiger partial charge in [-0.15, -0.1) is 0 Å². The molecule has 0 saturated heterocycles. The van der Waals surface area contributed by atoms with Gasteiger partial charge in [-0.05, 0) is 59.4 Å². The van der Waals surface area contributed by atoms with Crippen molar-refractivity contribution in [3.8, 4) is 5.75 Å². The standard InChI is InChI=1S/C12H16BrNO/c1-8-5-10-6-9(3-2-4-14)7-11(13)12(10)15-8/h6-8H,2-5,14H2,1H3. The first kappa shape index (κ1) is 11.0. The van der Waals surface area contributed by atoms with Gasteiger partial charge in [0.1, 0.15) is 11.9 Å². The minimum atomic E-state index is 0.307. The van der Waals surface area contributed by atoms with Crippen LogP contribution in [0.25, 0.3) is 0 Å². The van der Waals surface area contributed by atoms with Gasteiger partial charge in [-0.3, -0.25) is 0 Å². The fraction of sp³-hybridized carbons (Fsp3) is 0.500. The minimum Gasteiger partial charge on any atom is -0.489 e. The monoisotopic (exact) mass is 269 g/mol. The van der Waals surface area contributed by atoms with E-state index in [-0.39, 0.29) is 0 Å². The van der Waals surface area contributed by atoms with Crippen LogP contribution in [0.5, 0.6) is 5.75 Å². The Morgan fingerprint density at radius 3 is 3.07 bits per heavy atom. The molecule has 2 rings (SSSR count). The van der Waals surface area contributed by atoms with Crippen LogP contribution >= 0.6 is 15.9 Å². The highest BCUT2D eigenvalue weighted by Crippen LogP contribution is 2.37. The van der Waals surface area contributed by atoms with Crippen molar-refractivity contribution < 1.29 is 4.74 Å². The van der Waals surface area contributed by atoms with Crippen LogP contribution in [0.1, 0.15) is 24.5 Å². The summed E-state index contributed by atoms with van der Waals surface area (Å²) in [5.41, 5.74) is 8.19. The van der Waals surface area contributed by atoms with Crippen molar-refractivity contribution in [3.05, 3.63) is 27.7 Å². The predicted octanol–water partition coefficient (Wildman–Crippen LogP) is 2.66. The summed E-state index contributed by atoms with van der Waals surface area (Å²) < 4.78 is 6.81. The topological polar surface area (TPSA) is 35.2 Å². The lowest BCUT2D eigenvalue weighted by molar-refractivity contribution is 0.253. The number of ether oxygens (including phenoxy) is 1. The van der Waals surface area contributed by atoms with Gasteiger partial charge in [0, 0.05) is 6.42 Å². The van der Waals surface area contributed by atoms with E-state index < -0.39 is 0 Å². The summed E-state index contributed by atoms with van der Waals surface area (Å²) >= 11 is 3.56. The molecule has 1 heterocycles. The molecular formula is C12H16BrNO. The van der Waals surface area contributed by atoms with Crippen molar-refractivity contribution in [3.63, 3.8) is 0 Å². The second-order valence-corrected chi connectivity index (χ2v) is 4.95. The molecule has 15 heavy (non-hydrogen) atoms. The fourth-order valence-corrected chi connectivity index (χ4v) is 2.64. The van der Waals surface area contributed by atoms with Gasteiger partial charge in [-0.1, -0.05) is 6.07 Å². The SMILES string of the molecule is CC1Cc2cc(CCCN)cc(Br)c2O1. The van der Waals surface area contributed by atoms with Crippen molar-refractivity contribution in [2.45, 2.75) is 32.3 Å². The van der Waals surface area contributed by atoms with Crippen molar-refractivity contribution in [1.82, 2.24) is 0 Å². The van der Waals surface area contributed by atoms with E-state index >= 15 is 0 Å². The third-order valence-corrected chi connectivity index (χ3v) is 3.27. The summed E-state index contributed by atoms with van der Waals surface area (Å²) in [5, 5.41) is 0. The number of hydrogen-bond acceptors (Lipinski definition) is 2. The summed E-state index contributed by atoms with van der Waals surface area (Å²) in [5.74, 6) is 1.03. The first-order chi connectivity index (χ1) is 7.20. The van der Waals surface area contributed by atoms with Crippen molar-refractivity contribution in [2.75, 3.05) is 6.54 Å². The van der Waals surface area contributed by atoms with Crippen molar-refractivity contribution in [2.24, 2.45) is 5.73 Å². The Morgan fingerprint density at radius 2 is 2.33 bits per heavy atom. The van der Waals surface area contributed by atoms with E-state index in [0.717, 1.165) is 36.0 Å². The summed E-state index contributed by atoms with van der Waals surface area (Å²) in [7, 11) is 0. The van der Waals surface area contributed by atoms with Gasteiger partial charge < -0.3 is 10.5 Å². The molecular weight excluding hydrogens is 254 g/mol. The lowest BCUT2D eigenvalue weighted by atomic mass is 10.0. The molecule has 2 N–H and O–H groups in total.